The number of methoxy groups -OCH3 is 1. The van der Waals surface area contributed by atoms with E-state index in [2.05, 4.69) is 43.1 Å². The maximum atomic E-state index is 13.5. The Morgan fingerprint density at radius 1 is 1.26 bits per heavy atom. The first-order valence-electron chi connectivity index (χ1n) is 12.9. The number of benzene rings is 1. The predicted octanol–water partition coefficient (Wildman–Crippen LogP) is 2.66. The van der Waals surface area contributed by atoms with Gasteiger partial charge in [-0.05, 0) is 25.0 Å². The molecule has 13 heteroatoms. The lowest BCUT2D eigenvalue weighted by molar-refractivity contribution is 0.00610. The smallest absolute Gasteiger partial charge is 0.243 e. The largest absolute Gasteiger partial charge is 0.495 e. The van der Waals surface area contributed by atoms with E-state index in [-0.39, 0.29) is 10.8 Å². The van der Waals surface area contributed by atoms with Gasteiger partial charge in [-0.3, -0.25) is 4.90 Å². The molecule has 2 aliphatic rings. The van der Waals surface area contributed by atoms with Gasteiger partial charge in [0.05, 0.1) is 41.9 Å². The Kier molecular flexibility index (Phi) is 7.99. The van der Waals surface area contributed by atoms with Crippen LogP contribution >= 0.6 is 0 Å². The maximum absolute atomic E-state index is 13.5. The number of rotatable bonds is 9. The summed E-state index contributed by atoms with van der Waals surface area (Å²) in [6.07, 6.45) is 4.86. The second-order valence-electron chi connectivity index (χ2n) is 9.37. The number of nitrogens with zero attached hydrogens (tertiary/aromatic N) is 5. The molecule has 0 unspecified atom stereocenters. The summed E-state index contributed by atoms with van der Waals surface area (Å²) in [5, 5.41) is 16.3. The van der Waals surface area contributed by atoms with Gasteiger partial charge in [0.2, 0.25) is 16.0 Å². The number of nitrogens with one attached hydrogen (secondary N) is 3. The minimum Gasteiger partial charge on any atom is -0.495 e. The first-order chi connectivity index (χ1) is 18.9. The molecule has 39 heavy (non-hydrogen) atoms. The minimum atomic E-state index is -3.69. The van der Waals surface area contributed by atoms with E-state index in [9.17, 15) is 13.7 Å². The Morgan fingerprint density at radius 3 is 2.72 bits per heavy atom. The van der Waals surface area contributed by atoms with Gasteiger partial charge < -0.3 is 25.1 Å². The van der Waals surface area contributed by atoms with Crippen LogP contribution in [0.1, 0.15) is 18.4 Å². The molecule has 0 bridgehead atoms. The first-order valence-corrected chi connectivity index (χ1v) is 14.3. The summed E-state index contributed by atoms with van der Waals surface area (Å²) in [5.74, 6) is 1.06. The van der Waals surface area contributed by atoms with Crippen molar-refractivity contribution in [3.8, 4) is 11.8 Å². The molecule has 0 atom stereocenters. The molecule has 5 rings (SSSR count). The average molecular weight is 553 g/mol. The summed E-state index contributed by atoms with van der Waals surface area (Å²) in [6, 6.07) is 7.24. The number of morpholine rings is 1. The molecule has 0 radical (unpaired) electrons. The summed E-state index contributed by atoms with van der Waals surface area (Å²) in [4.78, 5) is 14.6. The van der Waals surface area contributed by atoms with Gasteiger partial charge in [-0.15, -0.1) is 6.58 Å². The van der Waals surface area contributed by atoms with Gasteiger partial charge in [0, 0.05) is 51.0 Å². The number of nitriles is 1. The molecule has 0 saturated carbocycles. The summed E-state index contributed by atoms with van der Waals surface area (Å²) < 4.78 is 39.5. The number of H-pyrrole nitrogens is 1. The number of piperidine rings is 1. The third-order valence-corrected chi connectivity index (χ3v) is 9.00. The highest BCUT2D eigenvalue weighted by Gasteiger charge is 2.32. The van der Waals surface area contributed by atoms with Gasteiger partial charge in [0.15, 0.2) is 0 Å². The zero-order valence-electron chi connectivity index (χ0n) is 21.8. The summed E-state index contributed by atoms with van der Waals surface area (Å²) >= 11 is 0. The molecular formula is C26H32N8O4S. The zero-order chi connectivity index (χ0) is 27.4. The Labute approximate surface area is 227 Å². The maximum Gasteiger partial charge on any atom is 0.243 e. The van der Waals surface area contributed by atoms with E-state index in [1.165, 1.54) is 13.2 Å². The van der Waals surface area contributed by atoms with Gasteiger partial charge in [0.25, 0.3) is 0 Å². The lowest BCUT2D eigenvalue weighted by Gasteiger charge is -2.39. The van der Waals surface area contributed by atoms with E-state index in [4.69, 9.17) is 9.47 Å². The molecular weight excluding hydrogens is 520 g/mol. The van der Waals surface area contributed by atoms with Crippen LogP contribution in [0, 0.1) is 11.3 Å². The predicted molar refractivity (Wildman–Crippen MR) is 148 cm³/mol. The topological polar surface area (TPSA) is 148 Å². The fraction of sp³-hybridized carbons (Fsp3) is 0.423. The van der Waals surface area contributed by atoms with Crippen molar-refractivity contribution < 1.29 is 17.9 Å². The zero-order valence-corrected chi connectivity index (χ0v) is 22.6. The standard InChI is InChI=1S/C26H32N8O4S/c1-3-8-28-24-23-18(16-27)17-29-25(23)32-26(31-24)30-21-5-4-20(15-22(21)37-2)39(35,36)34-9-6-19(7-10-34)33-11-13-38-14-12-33/h3-5,15,17,19H,1,6-14H2,2H3,(H3,28,29,30,31,32). The number of anilines is 3. The van der Waals surface area contributed by atoms with Crippen LogP contribution in [0.2, 0.25) is 0 Å². The highest BCUT2D eigenvalue weighted by molar-refractivity contribution is 7.89. The van der Waals surface area contributed by atoms with Crippen molar-refractivity contribution in [2.45, 2.75) is 23.8 Å². The van der Waals surface area contributed by atoms with E-state index in [0.29, 0.717) is 59.5 Å². The van der Waals surface area contributed by atoms with Gasteiger partial charge in [0.1, 0.15) is 23.3 Å². The Morgan fingerprint density at radius 2 is 2.03 bits per heavy atom. The highest BCUT2D eigenvalue weighted by atomic mass is 32.2. The highest BCUT2D eigenvalue weighted by Crippen LogP contribution is 2.33. The molecule has 2 aromatic heterocycles. The summed E-state index contributed by atoms with van der Waals surface area (Å²) in [7, 11) is -2.21. The third kappa shape index (κ3) is 5.55. The number of aromatic amines is 1. The molecule has 3 N–H and O–H groups in total. The molecule has 2 aliphatic heterocycles. The first kappa shape index (κ1) is 26.9. The van der Waals surface area contributed by atoms with Crippen molar-refractivity contribution in [2.75, 3.05) is 63.7 Å². The van der Waals surface area contributed by atoms with E-state index in [1.807, 2.05) is 0 Å². The number of hydrogen-bond acceptors (Lipinski definition) is 10. The van der Waals surface area contributed by atoms with Crippen molar-refractivity contribution in [1.29, 1.82) is 5.26 Å². The van der Waals surface area contributed by atoms with Crippen LogP contribution in [-0.4, -0.2) is 91.7 Å². The van der Waals surface area contributed by atoms with Crippen LogP contribution in [-0.2, 0) is 14.8 Å². The van der Waals surface area contributed by atoms with E-state index in [0.717, 1.165) is 39.1 Å². The third-order valence-electron chi connectivity index (χ3n) is 7.11. The van der Waals surface area contributed by atoms with Crippen LogP contribution in [0.4, 0.5) is 17.5 Å². The molecule has 206 valence electrons. The molecule has 1 aromatic carbocycles. The van der Waals surface area contributed by atoms with Crippen LogP contribution in [0.5, 0.6) is 5.75 Å². The van der Waals surface area contributed by atoms with Crippen LogP contribution in [0.25, 0.3) is 11.0 Å². The molecule has 0 spiro atoms. The normalized spacial score (nSPS) is 17.5. The Balaban J connectivity index is 1.35. The van der Waals surface area contributed by atoms with Gasteiger partial charge in [-0.2, -0.15) is 19.5 Å². The lowest BCUT2D eigenvalue weighted by atomic mass is 10.0. The molecule has 3 aromatic rings. The molecule has 4 heterocycles. The lowest BCUT2D eigenvalue weighted by Crippen LogP contribution is -2.50. The van der Waals surface area contributed by atoms with E-state index >= 15 is 0 Å². The molecule has 2 fully saturated rings. The fourth-order valence-corrected chi connectivity index (χ4v) is 6.55. The van der Waals surface area contributed by atoms with Crippen molar-refractivity contribution in [2.24, 2.45) is 0 Å². The Hall–Kier alpha value is -3.70. The number of aromatic nitrogens is 3. The SMILES string of the molecule is C=CCNc1nc(Nc2ccc(S(=O)(=O)N3CCC(N4CCOCC4)CC3)cc2OC)nc2[nH]cc(C#N)c12. The summed E-state index contributed by atoms with van der Waals surface area (Å²) in [5.41, 5.74) is 1.40. The fourth-order valence-electron chi connectivity index (χ4n) is 5.07. The van der Waals surface area contributed by atoms with Crippen molar-refractivity contribution in [1.82, 2.24) is 24.2 Å². The molecule has 12 nitrogen and oxygen atoms in total. The second kappa shape index (κ2) is 11.6. The summed E-state index contributed by atoms with van der Waals surface area (Å²) in [6.45, 7) is 8.37. The average Bonchev–Trinajstić information content (AvgIpc) is 3.40. The number of ether oxygens (including phenoxy) is 2. The minimum absolute atomic E-state index is 0.169. The van der Waals surface area contributed by atoms with Gasteiger partial charge >= 0.3 is 0 Å². The van der Waals surface area contributed by atoms with Gasteiger partial charge in [-0.25, -0.2) is 8.42 Å². The molecule has 2 saturated heterocycles. The van der Waals surface area contributed by atoms with E-state index < -0.39 is 10.0 Å². The quantitative estimate of drug-likeness (QED) is 0.338. The monoisotopic (exact) mass is 552 g/mol. The molecule has 0 amide bonds. The van der Waals surface area contributed by atoms with Crippen molar-refractivity contribution >= 4 is 38.5 Å². The number of sulfonamides is 1. The van der Waals surface area contributed by atoms with E-state index in [1.54, 1.807) is 28.7 Å². The van der Waals surface area contributed by atoms with Gasteiger partial charge in [-0.1, -0.05) is 6.08 Å². The number of fused-ring (bicyclic) bond motifs is 1. The van der Waals surface area contributed by atoms with Crippen LogP contribution < -0.4 is 15.4 Å². The molecule has 0 aliphatic carbocycles. The number of hydrogen-bond donors (Lipinski definition) is 3. The van der Waals surface area contributed by atoms with Crippen molar-refractivity contribution in [3.05, 3.63) is 42.6 Å². The second-order valence-corrected chi connectivity index (χ2v) is 11.3. The van der Waals surface area contributed by atoms with Crippen molar-refractivity contribution in [3.63, 3.8) is 0 Å². The van der Waals surface area contributed by atoms with Crippen LogP contribution in [0.3, 0.4) is 0 Å². The Bertz CT molecular complexity index is 1490. The van der Waals surface area contributed by atoms with Crippen LogP contribution in [0.15, 0.2) is 41.9 Å².